The molecular weight excluding hydrogens is 318 g/mol. The Kier molecular flexibility index (Phi) is 6.37. The van der Waals surface area contributed by atoms with Crippen LogP contribution in [0.3, 0.4) is 0 Å². The molecule has 0 saturated carbocycles. The second-order valence-electron chi connectivity index (χ2n) is 5.98. The topological polar surface area (TPSA) is 54.9 Å². The third-order valence-electron chi connectivity index (χ3n) is 4.21. The minimum Gasteiger partial charge on any atom is -0.349 e. The summed E-state index contributed by atoms with van der Waals surface area (Å²) in [5.74, 6) is 0.311. The van der Waals surface area contributed by atoms with Crippen LogP contribution < -0.4 is 5.32 Å². The first-order valence-corrected chi connectivity index (χ1v) is 9.22. The summed E-state index contributed by atoms with van der Waals surface area (Å²) >= 11 is 1.37. The number of nitrogens with one attached hydrogen (secondary N) is 1. The van der Waals surface area contributed by atoms with Crippen molar-refractivity contribution >= 4 is 17.7 Å². The highest BCUT2D eigenvalue weighted by Gasteiger charge is 2.12. The van der Waals surface area contributed by atoms with E-state index >= 15 is 0 Å². The summed E-state index contributed by atoms with van der Waals surface area (Å²) in [7, 11) is 0. The number of carbonyl (C=O) groups excluding carboxylic acids is 1. The molecule has 2 rings (SSSR count). The Labute approximate surface area is 148 Å². The van der Waals surface area contributed by atoms with Crippen LogP contribution in [0.2, 0.25) is 0 Å². The number of carbonyl (C=O) groups is 1. The van der Waals surface area contributed by atoms with E-state index in [2.05, 4.69) is 46.5 Å². The summed E-state index contributed by atoms with van der Waals surface area (Å²) in [6, 6.07) is 8.36. The van der Waals surface area contributed by atoms with Gasteiger partial charge >= 0.3 is 0 Å². The molecule has 1 N–H and O–H groups in total. The first-order chi connectivity index (χ1) is 11.4. The lowest BCUT2D eigenvalue weighted by Gasteiger charge is -2.14. The number of benzene rings is 1. The largest absolute Gasteiger partial charge is 0.349 e. The van der Waals surface area contributed by atoms with Gasteiger partial charge in [-0.3, -0.25) is 4.79 Å². The van der Waals surface area contributed by atoms with E-state index in [-0.39, 0.29) is 11.9 Å². The summed E-state index contributed by atoms with van der Waals surface area (Å²) in [6.45, 7) is 10.1. The predicted molar refractivity (Wildman–Crippen MR) is 99.3 cm³/mol. The fourth-order valence-electron chi connectivity index (χ4n) is 2.34. The zero-order valence-corrected chi connectivity index (χ0v) is 15.8. The molecule has 1 heterocycles. The zero-order valence-electron chi connectivity index (χ0n) is 15.0. The SMILES string of the molecule is CCc1ccc([C@H](C)NC(=O)CSc2nc(C)c(C)c(C)n2)cc1. The minimum absolute atomic E-state index is 0.00782. The van der Waals surface area contributed by atoms with Crippen LogP contribution in [0.15, 0.2) is 29.4 Å². The van der Waals surface area contributed by atoms with E-state index < -0.39 is 0 Å². The van der Waals surface area contributed by atoms with Gasteiger partial charge in [-0.25, -0.2) is 9.97 Å². The molecular formula is C19H25N3OS. The molecule has 0 saturated heterocycles. The van der Waals surface area contributed by atoms with E-state index in [1.54, 1.807) is 0 Å². The monoisotopic (exact) mass is 343 g/mol. The van der Waals surface area contributed by atoms with Gasteiger partial charge in [-0.15, -0.1) is 0 Å². The summed E-state index contributed by atoms with van der Waals surface area (Å²) < 4.78 is 0. The van der Waals surface area contributed by atoms with Crippen molar-refractivity contribution in [3.05, 3.63) is 52.3 Å². The van der Waals surface area contributed by atoms with Crippen molar-refractivity contribution in [2.24, 2.45) is 0 Å². The lowest BCUT2D eigenvalue weighted by molar-refractivity contribution is -0.119. The molecule has 0 aliphatic carbocycles. The van der Waals surface area contributed by atoms with E-state index in [1.807, 2.05) is 27.7 Å². The van der Waals surface area contributed by atoms with Gasteiger partial charge < -0.3 is 5.32 Å². The number of aromatic nitrogens is 2. The number of nitrogens with zero attached hydrogens (tertiary/aromatic N) is 2. The summed E-state index contributed by atoms with van der Waals surface area (Å²) in [5.41, 5.74) is 5.46. The third kappa shape index (κ3) is 4.81. The van der Waals surface area contributed by atoms with Gasteiger partial charge in [0.25, 0.3) is 0 Å². The molecule has 0 radical (unpaired) electrons. The Morgan fingerprint density at radius 2 is 1.71 bits per heavy atom. The van der Waals surface area contributed by atoms with Crippen LogP contribution in [0.25, 0.3) is 0 Å². The van der Waals surface area contributed by atoms with E-state index in [4.69, 9.17) is 0 Å². The Bertz CT molecular complexity index is 690. The smallest absolute Gasteiger partial charge is 0.230 e. The standard InChI is InChI=1S/C19H25N3OS/c1-6-16-7-9-17(10-8-16)15(5)20-18(23)11-24-19-21-13(3)12(2)14(4)22-19/h7-10,15H,6,11H2,1-5H3,(H,20,23)/t15-/m0/s1. The molecule has 1 aromatic carbocycles. The maximum atomic E-state index is 12.2. The fourth-order valence-corrected chi connectivity index (χ4v) is 3.09. The van der Waals surface area contributed by atoms with Crippen LogP contribution in [0.4, 0.5) is 0 Å². The molecule has 0 bridgehead atoms. The number of hydrogen-bond acceptors (Lipinski definition) is 4. The third-order valence-corrected chi connectivity index (χ3v) is 5.06. The minimum atomic E-state index is -0.00795. The molecule has 0 aliphatic heterocycles. The summed E-state index contributed by atoms with van der Waals surface area (Å²) in [6.07, 6.45) is 1.02. The van der Waals surface area contributed by atoms with E-state index in [9.17, 15) is 4.79 Å². The van der Waals surface area contributed by atoms with Gasteiger partial charge in [0.1, 0.15) is 0 Å². The van der Waals surface area contributed by atoms with Gasteiger partial charge in [-0.05, 0) is 50.8 Å². The Balaban J connectivity index is 1.90. The Morgan fingerprint density at radius 3 is 2.25 bits per heavy atom. The molecule has 0 spiro atoms. The molecule has 1 aromatic heterocycles. The highest BCUT2D eigenvalue weighted by molar-refractivity contribution is 7.99. The maximum Gasteiger partial charge on any atom is 0.230 e. The lowest BCUT2D eigenvalue weighted by Crippen LogP contribution is -2.28. The highest BCUT2D eigenvalue weighted by Crippen LogP contribution is 2.18. The van der Waals surface area contributed by atoms with Crippen LogP contribution in [0.1, 0.15) is 48.0 Å². The van der Waals surface area contributed by atoms with Crippen molar-refractivity contribution in [1.82, 2.24) is 15.3 Å². The Morgan fingerprint density at radius 1 is 1.12 bits per heavy atom. The van der Waals surface area contributed by atoms with E-state index in [0.717, 1.165) is 28.9 Å². The zero-order chi connectivity index (χ0) is 17.7. The molecule has 4 nitrogen and oxygen atoms in total. The van der Waals surface area contributed by atoms with Crippen LogP contribution >= 0.6 is 11.8 Å². The summed E-state index contributed by atoms with van der Waals surface area (Å²) in [4.78, 5) is 21.0. The number of rotatable bonds is 6. The van der Waals surface area contributed by atoms with E-state index in [0.29, 0.717) is 10.9 Å². The van der Waals surface area contributed by atoms with Crippen molar-refractivity contribution in [1.29, 1.82) is 0 Å². The summed E-state index contributed by atoms with van der Waals surface area (Å²) in [5, 5.41) is 3.69. The van der Waals surface area contributed by atoms with Crippen LogP contribution in [0.5, 0.6) is 0 Å². The van der Waals surface area contributed by atoms with Gasteiger partial charge in [0.05, 0.1) is 11.8 Å². The molecule has 24 heavy (non-hydrogen) atoms. The van der Waals surface area contributed by atoms with Crippen molar-refractivity contribution in [3.63, 3.8) is 0 Å². The fraction of sp³-hybridized carbons (Fsp3) is 0.421. The average Bonchev–Trinajstić information content (AvgIpc) is 2.57. The normalized spacial score (nSPS) is 12.0. The van der Waals surface area contributed by atoms with E-state index in [1.165, 1.54) is 17.3 Å². The van der Waals surface area contributed by atoms with Gasteiger partial charge in [-0.2, -0.15) is 0 Å². The number of thioether (sulfide) groups is 1. The quantitative estimate of drug-likeness (QED) is 0.638. The molecule has 128 valence electrons. The average molecular weight is 343 g/mol. The van der Waals surface area contributed by atoms with Crippen molar-refractivity contribution in [3.8, 4) is 0 Å². The first kappa shape index (κ1) is 18.5. The van der Waals surface area contributed by atoms with Crippen LogP contribution in [-0.2, 0) is 11.2 Å². The number of aryl methyl sites for hydroxylation is 3. The lowest BCUT2D eigenvalue weighted by atomic mass is 10.1. The van der Waals surface area contributed by atoms with Gasteiger partial charge in [0.2, 0.25) is 5.91 Å². The molecule has 1 atom stereocenters. The molecule has 0 fully saturated rings. The number of amides is 1. The van der Waals surface area contributed by atoms with Crippen LogP contribution in [-0.4, -0.2) is 21.6 Å². The number of hydrogen-bond donors (Lipinski definition) is 1. The predicted octanol–water partition coefficient (Wildman–Crippen LogP) is 3.93. The molecule has 0 unspecified atom stereocenters. The van der Waals surface area contributed by atoms with Crippen molar-refractivity contribution < 1.29 is 4.79 Å². The highest BCUT2D eigenvalue weighted by atomic mass is 32.2. The van der Waals surface area contributed by atoms with Crippen molar-refractivity contribution in [2.45, 2.75) is 52.2 Å². The molecule has 2 aromatic rings. The Hall–Kier alpha value is -1.88. The van der Waals surface area contributed by atoms with Crippen LogP contribution in [0, 0.1) is 20.8 Å². The molecule has 0 aliphatic rings. The van der Waals surface area contributed by atoms with Crippen molar-refractivity contribution in [2.75, 3.05) is 5.75 Å². The molecule has 1 amide bonds. The van der Waals surface area contributed by atoms with Gasteiger partial charge in [0.15, 0.2) is 5.16 Å². The first-order valence-electron chi connectivity index (χ1n) is 8.23. The maximum absolute atomic E-state index is 12.2. The van der Waals surface area contributed by atoms with Gasteiger partial charge in [-0.1, -0.05) is 43.0 Å². The second kappa shape index (κ2) is 8.29. The molecule has 5 heteroatoms. The second-order valence-corrected chi connectivity index (χ2v) is 6.92. The van der Waals surface area contributed by atoms with Gasteiger partial charge in [0, 0.05) is 11.4 Å².